The Labute approximate surface area is 119 Å². The van der Waals surface area contributed by atoms with Crippen LogP contribution in [0.4, 0.5) is 14.5 Å². The summed E-state index contributed by atoms with van der Waals surface area (Å²) >= 11 is 0. The molecule has 0 amide bonds. The summed E-state index contributed by atoms with van der Waals surface area (Å²) in [5, 5.41) is 0. The standard InChI is InChI=1S/C15H23F2N3/c1-3-19(4-2)12-5-6-20(10-12)15-13(16)7-11(9-18)8-14(15)17/h7-8,12H,3-6,9-10,18H2,1-2H3. The van der Waals surface area contributed by atoms with Crippen LogP contribution in [0.5, 0.6) is 0 Å². The highest BCUT2D eigenvalue weighted by molar-refractivity contribution is 5.51. The summed E-state index contributed by atoms with van der Waals surface area (Å²) in [4.78, 5) is 4.15. The number of halogens is 2. The van der Waals surface area contributed by atoms with Crippen LogP contribution >= 0.6 is 0 Å². The smallest absolute Gasteiger partial charge is 0.149 e. The summed E-state index contributed by atoms with van der Waals surface area (Å²) in [6, 6.07) is 3.05. The average molecular weight is 283 g/mol. The molecular formula is C15H23F2N3. The SMILES string of the molecule is CCN(CC)C1CCN(c2c(F)cc(CN)cc2F)C1. The summed E-state index contributed by atoms with van der Waals surface area (Å²) in [7, 11) is 0. The molecule has 1 atom stereocenters. The molecule has 1 aromatic rings. The molecule has 2 rings (SSSR count). The third kappa shape index (κ3) is 2.94. The summed E-state index contributed by atoms with van der Waals surface area (Å²) in [6.07, 6.45) is 0.944. The number of hydrogen-bond donors (Lipinski definition) is 1. The predicted octanol–water partition coefficient (Wildman–Crippen LogP) is 2.34. The predicted molar refractivity (Wildman–Crippen MR) is 77.8 cm³/mol. The van der Waals surface area contributed by atoms with Gasteiger partial charge in [0.2, 0.25) is 0 Å². The van der Waals surface area contributed by atoms with Crippen molar-refractivity contribution in [2.24, 2.45) is 5.73 Å². The minimum absolute atomic E-state index is 0.0943. The molecule has 1 saturated heterocycles. The molecule has 112 valence electrons. The van der Waals surface area contributed by atoms with Gasteiger partial charge in [-0.1, -0.05) is 13.8 Å². The summed E-state index contributed by atoms with van der Waals surface area (Å²) < 4.78 is 28.2. The van der Waals surface area contributed by atoms with E-state index < -0.39 is 11.6 Å². The van der Waals surface area contributed by atoms with Crippen molar-refractivity contribution in [1.82, 2.24) is 4.90 Å². The van der Waals surface area contributed by atoms with Crippen LogP contribution in [0.25, 0.3) is 0 Å². The Hall–Kier alpha value is -1.20. The van der Waals surface area contributed by atoms with Crippen LogP contribution in [0.2, 0.25) is 0 Å². The molecule has 1 aliphatic heterocycles. The number of anilines is 1. The fraction of sp³-hybridized carbons (Fsp3) is 0.600. The largest absolute Gasteiger partial charge is 0.365 e. The lowest BCUT2D eigenvalue weighted by Gasteiger charge is -2.27. The quantitative estimate of drug-likeness (QED) is 0.900. The Morgan fingerprint density at radius 2 is 1.85 bits per heavy atom. The first-order valence-electron chi connectivity index (χ1n) is 7.27. The van der Waals surface area contributed by atoms with Gasteiger partial charge in [0.25, 0.3) is 0 Å². The molecular weight excluding hydrogens is 260 g/mol. The number of likely N-dealkylation sites (N-methyl/N-ethyl adjacent to an activating group) is 1. The van der Waals surface area contributed by atoms with Crippen LogP contribution < -0.4 is 10.6 Å². The minimum Gasteiger partial charge on any atom is -0.365 e. The highest BCUT2D eigenvalue weighted by Gasteiger charge is 2.29. The van der Waals surface area contributed by atoms with E-state index in [-0.39, 0.29) is 12.2 Å². The normalized spacial score (nSPS) is 19.1. The van der Waals surface area contributed by atoms with E-state index in [9.17, 15) is 8.78 Å². The van der Waals surface area contributed by atoms with Gasteiger partial charge in [-0.05, 0) is 37.2 Å². The van der Waals surface area contributed by atoms with E-state index in [2.05, 4.69) is 18.7 Å². The molecule has 1 unspecified atom stereocenters. The summed E-state index contributed by atoms with van der Waals surface area (Å²) in [5.41, 5.74) is 6.02. The maximum absolute atomic E-state index is 14.1. The van der Waals surface area contributed by atoms with Crippen LogP contribution in [-0.2, 0) is 6.54 Å². The topological polar surface area (TPSA) is 32.5 Å². The zero-order chi connectivity index (χ0) is 14.7. The van der Waals surface area contributed by atoms with E-state index in [4.69, 9.17) is 5.73 Å². The number of benzene rings is 1. The first kappa shape index (κ1) is 15.2. The van der Waals surface area contributed by atoms with Crippen LogP contribution in [-0.4, -0.2) is 37.1 Å². The van der Waals surface area contributed by atoms with Crippen molar-refractivity contribution in [2.75, 3.05) is 31.1 Å². The van der Waals surface area contributed by atoms with E-state index in [0.29, 0.717) is 24.7 Å². The number of nitrogens with zero attached hydrogens (tertiary/aromatic N) is 2. The molecule has 0 saturated carbocycles. The van der Waals surface area contributed by atoms with Crippen molar-refractivity contribution in [3.8, 4) is 0 Å². The van der Waals surface area contributed by atoms with Gasteiger partial charge in [-0.25, -0.2) is 8.78 Å². The van der Waals surface area contributed by atoms with Crippen LogP contribution in [0, 0.1) is 11.6 Å². The van der Waals surface area contributed by atoms with Crippen LogP contribution in [0.15, 0.2) is 12.1 Å². The molecule has 1 aromatic carbocycles. The number of hydrogen-bond acceptors (Lipinski definition) is 3. The van der Waals surface area contributed by atoms with Gasteiger partial charge in [0, 0.05) is 25.7 Å². The molecule has 1 heterocycles. The molecule has 0 aromatic heterocycles. The first-order valence-corrected chi connectivity index (χ1v) is 7.27. The molecule has 2 N–H and O–H groups in total. The molecule has 5 heteroatoms. The van der Waals surface area contributed by atoms with E-state index in [1.807, 2.05) is 4.90 Å². The lowest BCUT2D eigenvalue weighted by molar-refractivity contribution is 0.232. The molecule has 3 nitrogen and oxygen atoms in total. The Balaban J connectivity index is 2.18. The van der Waals surface area contributed by atoms with Crippen molar-refractivity contribution < 1.29 is 8.78 Å². The van der Waals surface area contributed by atoms with Gasteiger partial charge >= 0.3 is 0 Å². The average Bonchev–Trinajstić information content (AvgIpc) is 2.88. The van der Waals surface area contributed by atoms with E-state index in [1.54, 1.807) is 0 Å². The van der Waals surface area contributed by atoms with Gasteiger partial charge < -0.3 is 10.6 Å². The lowest BCUT2D eigenvalue weighted by Crippen LogP contribution is -2.37. The fourth-order valence-electron chi connectivity index (χ4n) is 3.02. The van der Waals surface area contributed by atoms with Gasteiger partial charge in [-0.3, -0.25) is 4.90 Å². The number of nitrogens with two attached hydrogens (primary N) is 1. The second-order valence-electron chi connectivity index (χ2n) is 5.22. The molecule has 20 heavy (non-hydrogen) atoms. The Kier molecular flexibility index (Phi) is 4.94. The second kappa shape index (κ2) is 6.50. The zero-order valence-electron chi connectivity index (χ0n) is 12.2. The van der Waals surface area contributed by atoms with Gasteiger partial charge in [0.15, 0.2) is 0 Å². The van der Waals surface area contributed by atoms with Crippen molar-refractivity contribution in [1.29, 1.82) is 0 Å². The van der Waals surface area contributed by atoms with E-state index >= 15 is 0 Å². The van der Waals surface area contributed by atoms with Gasteiger partial charge in [-0.15, -0.1) is 0 Å². The number of rotatable bonds is 5. The zero-order valence-corrected chi connectivity index (χ0v) is 12.2. The van der Waals surface area contributed by atoms with Crippen LogP contribution in [0.3, 0.4) is 0 Å². The fourth-order valence-corrected chi connectivity index (χ4v) is 3.02. The molecule has 1 fully saturated rings. The third-order valence-electron chi connectivity index (χ3n) is 4.12. The van der Waals surface area contributed by atoms with E-state index in [1.165, 1.54) is 12.1 Å². The van der Waals surface area contributed by atoms with E-state index in [0.717, 1.165) is 19.5 Å². The van der Waals surface area contributed by atoms with Crippen LogP contribution in [0.1, 0.15) is 25.8 Å². The van der Waals surface area contributed by atoms with Gasteiger partial charge in [0.1, 0.15) is 17.3 Å². The molecule has 0 aliphatic carbocycles. The van der Waals surface area contributed by atoms with Gasteiger partial charge in [0.05, 0.1) is 0 Å². The molecule has 0 radical (unpaired) electrons. The summed E-state index contributed by atoms with van der Waals surface area (Å²) in [6.45, 7) is 7.68. The van der Waals surface area contributed by atoms with Crippen molar-refractivity contribution >= 4 is 5.69 Å². The monoisotopic (exact) mass is 283 g/mol. The molecule has 0 spiro atoms. The first-order chi connectivity index (χ1) is 9.60. The maximum atomic E-state index is 14.1. The highest BCUT2D eigenvalue weighted by Crippen LogP contribution is 2.29. The lowest BCUT2D eigenvalue weighted by atomic mass is 10.1. The molecule has 0 bridgehead atoms. The highest BCUT2D eigenvalue weighted by atomic mass is 19.1. The van der Waals surface area contributed by atoms with Gasteiger partial charge in [-0.2, -0.15) is 0 Å². The van der Waals surface area contributed by atoms with Crippen molar-refractivity contribution in [2.45, 2.75) is 32.9 Å². The minimum atomic E-state index is -0.509. The Bertz CT molecular complexity index is 437. The Morgan fingerprint density at radius 1 is 1.25 bits per heavy atom. The van der Waals surface area contributed by atoms with Crippen molar-refractivity contribution in [3.63, 3.8) is 0 Å². The van der Waals surface area contributed by atoms with Crippen molar-refractivity contribution in [3.05, 3.63) is 29.3 Å². The Morgan fingerprint density at radius 3 is 2.35 bits per heavy atom. The third-order valence-corrected chi connectivity index (χ3v) is 4.12. The maximum Gasteiger partial charge on any atom is 0.149 e. The summed E-state index contributed by atoms with van der Waals surface area (Å²) in [5.74, 6) is -1.02. The second-order valence-corrected chi connectivity index (χ2v) is 5.22. The molecule has 1 aliphatic rings.